The normalized spacial score (nSPS) is 14.8. The van der Waals surface area contributed by atoms with E-state index in [1.165, 1.54) is 0 Å². The summed E-state index contributed by atoms with van der Waals surface area (Å²) in [7, 11) is 0. The van der Waals surface area contributed by atoms with Gasteiger partial charge in [0.05, 0.1) is 22.5 Å². The summed E-state index contributed by atoms with van der Waals surface area (Å²) in [5.41, 5.74) is 5.09. The second-order valence-corrected chi connectivity index (χ2v) is 6.81. The number of fused-ring (bicyclic) bond motifs is 3. The summed E-state index contributed by atoms with van der Waals surface area (Å²) in [6.45, 7) is 4.33. The Labute approximate surface area is 139 Å². The third-order valence-electron chi connectivity index (χ3n) is 4.68. The second-order valence-electron chi connectivity index (χ2n) is 6.81. The van der Waals surface area contributed by atoms with Crippen LogP contribution in [0.1, 0.15) is 25.0 Å². The van der Waals surface area contributed by atoms with Crippen LogP contribution in [0.4, 0.5) is 5.69 Å². The number of non-ortho nitro benzene ring substituents is 1. The van der Waals surface area contributed by atoms with Crippen molar-refractivity contribution in [1.29, 1.82) is 0 Å². The summed E-state index contributed by atoms with van der Waals surface area (Å²) in [6.07, 6.45) is 2.74. The topological polar surface area (TPSA) is 61.0 Å². The van der Waals surface area contributed by atoms with E-state index in [0.29, 0.717) is 0 Å². The van der Waals surface area contributed by atoms with Gasteiger partial charge >= 0.3 is 0 Å². The fraction of sp³-hybridized carbons (Fsp3) is 0.211. The molecule has 24 heavy (non-hydrogen) atoms. The fourth-order valence-electron chi connectivity index (χ4n) is 3.57. The van der Waals surface area contributed by atoms with Gasteiger partial charge in [0.2, 0.25) is 0 Å². The number of nitro groups is 1. The first-order valence-electron chi connectivity index (χ1n) is 7.89. The van der Waals surface area contributed by atoms with Crippen LogP contribution >= 0.6 is 0 Å². The summed E-state index contributed by atoms with van der Waals surface area (Å²) in [5.74, 6) is 0. The van der Waals surface area contributed by atoms with Crippen LogP contribution in [0.3, 0.4) is 0 Å². The molecule has 2 aromatic carbocycles. The molecule has 0 saturated heterocycles. The number of nitrogens with zero attached hydrogens (tertiary/aromatic N) is 3. The van der Waals surface area contributed by atoms with E-state index < -0.39 is 0 Å². The van der Waals surface area contributed by atoms with Crippen LogP contribution < -0.4 is 0 Å². The van der Waals surface area contributed by atoms with Gasteiger partial charge < -0.3 is 0 Å². The predicted octanol–water partition coefficient (Wildman–Crippen LogP) is 4.28. The van der Waals surface area contributed by atoms with Crippen molar-refractivity contribution < 1.29 is 4.92 Å². The van der Waals surface area contributed by atoms with Crippen LogP contribution in [0.25, 0.3) is 16.9 Å². The third kappa shape index (κ3) is 2.12. The van der Waals surface area contributed by atoms with Crippen molar-refractivity contribution in [2.24, 2.45) is 0 Å². The molecule has 0 amide bonds. The van der Waals surface area contributed by atoms with Gasteiger partial charge in [-0.1, -0.05) is 38.1 Å². The average molecular weight is 319 g/mol. The summed E-state index contributed by atoms with van der Waals surface area (Å²) < 4.78 is 1.88. The minimum absolute atomic E-state index is 0.0813. The monoisotopic (exact) mass is 319 g/mol. The Kier molecular flexibility index (Phi) is 3.06. The minimum Gasteiger partial charge on any atom is -0.258 e. The smallest absolute Gasteiger partial charge is 0.258 e. The molecular formula is C19H17N3O2. The third-order valence-corrected chi connectivity index (χ3v) is 4.68. The molecule has 1 aliphatic carbocycles. The van der Waals surface area contributed by atoms with Gasteiger partial charge in [0.1, 0.15) is 0 Å². The van der Waals surface area contributed by atoms with Gasteiger partial charge in [0.15, 0.2) is 0 Å². The van der Waals surface area contributed by atoms with Gasteiger partial charge in [-0.15, -0.1) is 0 Å². The maximum Gasteiger partial charge on any atom is 0.270 e. The first kappa shape index (κ1) is 14.6. The van der Waals surface area contributed by atoms with Gasteiger partial charge in [0.25, 0.3) is 5.69 Å². The zero-order chi connectivity index (χ0) is 16.9. The van der Waals surface area contributed by atoms with Crippen LogP contribution in [0.15, 0.2) is 54.7 Å². The van der Waals surface area contributed by atoms with Crippen molar-refractivity contribution in [3.05, 3.63) is 76.0 Å². The lowest BCUT2D eigenvalue weighted by atomic mass is 9.72. The SMILES string of the molecule is CC1(C)Cc2cnn(-c3ccccc3)c2-c2cc([N+](=O)[O-])ccc21. The summed E-state index contributed by atoms with van der Waals surface area (Å²) in [6, 6.07) is 15.0. The molecule has 5 heteroatoms. The summed E-state index contributed by atoms with van der Waals surface area (Å²) in [4.78, 5) is 10.9. The second kappa shape index (κ2) is 5.03. The lowest BCUT2D eigenvalue weighted by Gasteiger charge is -2.32. The van der Waals surface area contributed by atoms with E-state index in [9.17, 15) is 10.1 Å². The summed E-state index contributed by atoms with van der Waals surface area (Å²) in [5, 5.41) is 15.8. The summed E-state index contributed by atoms with van der Waals surface area (Å²) >= 11 is 0. The zero-order valence-electron chi connectivity index (χ0n) is 13.6. The van der Waals surface area contributed by atoms with E-state index in [-0.39, 0.29) is 16.0 Å². The molecule has 5 nitrogen and oxygen atoms in total. The minimum atomic E-state index is -0.342. The molecule has 1 heterocycles. The molecule has 120 valence electrons. The number of hydrogen-bond acceptors (Lipinski definition) is 3. The molecule has 1 aromatic heterocycles. The van der Waals surface area contributed by atoms with Crippen LogP contribution in [0.5, 0.6) is 0 Å². The Bertz CT molecular complexity index is 943. The van der Waals surface area contributed by atoms with Crippen molar-refractivity contribution >= 4 is 5.69 Å². The molecule has 0 spiro atoms. The van der Waals surface area contributed by atoms with Crippen molar-refractivity contribution in [3.8, 4) is 16.9 Å². The van der Waals surface area contributed by atoms with E-state index in [1.54, 1.807) is 12.1 Å². The Balaban J connectivity index is 2.00. The first-order valence-corrected chi connectivity index (χ1v) is 7.89. The first-order chi connectivity index (χ1) is 11.5. The highest BCUT2D eigenvalue weighted by atomic mass is 16.6. The molecule has 1 aliphatic rings. The maximum absolute atomic E-state index is 11.2. The van der Waals surface area contributed by atoms with Crippen molar-refractivity contribution in [3.63, 3.8) is 0 Å². The number of nitro benzene ring substituents is 1. The number of rotatable bonds is 2. The molecule has 4 rings (SSSR count). The van der Waals surface area contributed by atoms with E-state index in [0.717, 1.165) is 34.5 Å². The standard InChI is InChI=1S/C19H17N3O2/c1-19(2)11-13-12-20-21(14-6-4-3-5-7-14)18(13)16-10-15(22(23)24)8-9-17(16)19/h3-10,12H,11H2,1-2H3. The van der Waals surface area contributed by atoms with Gasteiger partial charge in [-0.2, -0.15) is 5.10 Å². The highest BCUT2D eigenvalue weighted by Gasteiger charge is 2.34. The van der Waals surface area contributed by atoms with Gasteiger partial charge in [-0.3, -0.25) is 10.1 Å². The van der Waals surface area contributed by atoms with E-state index in [2.05, 4.69) is 18.9 Å². The number of para-hydroxylation sites is 1. The predicted molar refractivity (Wildman–Crippen MR) is 92.4 cm³/mol. The molecule has 0 bridgehead atoms. The van der Waals surface area contributed by atoms with E-state index in [1.807, 2.05) is 47.3 Å². The van der Waals surface area contributed by atoms with Crippen LogP contribution in [-0.4, -0.2) is 14.7 Å². The van der Waals surface area contributed by atoms with Crippen LogP contribution in [-0.2, 0) is 11.8 Å². The number of aromatic nitrogens is 2. The van der Waals surface area contributed by atoms with Crippen LogP contribution in [0.2, 0.25) is 0 Å². The number of benzene rings is 2. The van der Waals surface area contributed by atoms with Gasteiger partial charge in [0, 0.05) is 17.7 Å². The molecule has 0 radical (unpaired) electrons. The Morgan fingerprint density at radius 1 is 1.17 bits per heavy atom. The molecular weight excluding hydrogens is 302 g/mol. The maximum atomic E-state index is 11.2. The lowest BCUT2D eigenvalue weighted by Crippen LogP contribution is -2.25. The molecule has 0 saturated carbocycles. The molecule has 0 aliphatic heterocycles. The molecule has 0 N–H and O–H groups in total. The molecule has 0 fully saturated rings. The largest absolute Gasteiger partial charge is 0.270 e. The fourth-order valence-corrected chi connectivity index (χ4v) is 3.57. The number of hydrogen-bond donors (Lipinski definition) is 0. The molecule has 0 unspecified atom stereocenters. The zero-order valence-corrected chi connectivity index (χ0v) is 13.6. The lowest BCUT2D eigenvalue weighted by molar-refractivity contribution is -0.384. The van der Waals surface area contributed by atoms with Crippen molar-refractivity contribution in [2.75, 3.05) is 0 Å². The quantitative estimate of drug-likeness (QED) is 0.523. The molecule has 0 atom stereocenters. The Hall–Kier alpha value is -2.95. The Morgan fingerprint density at radius 3 is 2.62 bits per heavy atom. The van der Waals surface area contributed by atoms with Crippen molar-refractivity contribution in [1.82, 2.24) is 9.78 Å². The highest BCUT2D eigenvalue weighted by Crippen LogP contribution is 2.44. The van der Waals surface area contributed by atoms with Crippen LogP contribution in [0, 0.1) is 10.1 Å². The van der Waals surface area contributed by atoms with Gasteiger partial charge in [-0.25, -0.2) is 4.68 Å². The van der Waals surface area contributed by atoms with E-state index in [4.69, 9.17) is 0 Å². The highest BCUT2D eigenvalue weighted by molar-refractivity contribution is 5.75. The Morgan fingerprint density at radius 2 is 1.92 bits per heavy atom. The molecule has 3 aromatic rings. The van der Waals surface area contributed by atoms with Crippen molar-refractivity contribution in [2.45, 2.75) is 25.7 Å². The van der Waals surface area contributed by atoms with E-state index >= 15 is 0 Å². The average Bonchev–Trinajstić information content (AvgIpc) is 2.98. The van der Waals surface area contributed by atoms with Gasteiger partial charge in [-0.05, 0) is 35.1 Å².